The lowest BCUT2D eigenvalue weighted by molar-refractivity contribution is 1.06. The highest BCUT2D eigenvalue weighted by atomic mass is 14.9. The summed E-state index contributed by atoms with van der Waals surface area (Å²) in [5.41, 5.74) is 9.92. The van der Waals surface area contributed by atoms with Crippen LogP contribution in [0.5, 0.6) is 0 Å². The van der Waals surface area contributed by atoms with E-state index in [0.29, 0.717) is 5.82 Å². The average Bonchev–Trinajstić information content (AvgIpc) is 2.29. The van der Waals surface area contributed by atoms with Crippen LogP contribution in [0.1, 0.15) is 18.1 Å². The van der Waals surface area contributed by atoms with E-state index in [1.165, 1.54) is 6.33 Å². The lowest BCUT2D eigenvalue weighted by Gasteiger charge is -2.10. The predicted octanol–water partition coefficient (Wildman–Crippen LogP) is 1.99. The predicted molar refractivity (Wildman–Crippen MR) is 63.8 cm³/mol. The molecule has 0 fully saturated rings. The van der Waals surface area contributed by atoms with Gasteiger partial charge in [0.2, 0.25) is 0 Å². The van der Waals surface area contributed by atoms with E-state index in [4.69, 9.17) is 5.73 Å². The average molecular weight is 214 g/mol. The van der Waals surface area contributed by atoms with Crippen molar-refractivity contribution >= 4 is 5.82 Å². The van der Waals surface area contributed by atoms with Crippen LogP contribution in [0.4, 0.5) is 5.82 Å². The highest BCUT2D eigenvalue weighted by Gasteiger charge is 2.10. The van der Waals surface area contributed by atoms with Gasteiger partial charge in [0.15, 0.2) is 0 Å². The molecule has 0 unspecified atom stereocenters. The van der Waals surface area contributed by atoms with Crippen LogP contribution in [0.25, 0.3) is 11.3 Å². The number of aryl methyl sites for hydroxylation is 1. The van der Waals surface area contributed by atoms with Crippen molar-refractivity contribution in [1.29, 1.82) is 0 Å². The third-order valence-electron chi connectivity index (χ3n) is 2.61. The standard InChI is InChI=1S/C12H14N4/c1-3-9-11(15-7-16-12(9)13)10-4-5-14-6-8(10)2/h4-7H,3H2,1-2H3,(H2,13,15,16). The fourth-order valence-corrected chi connectivity index (χ4v) is 1.75. The van der Waals surface area contributed by atoms with Gasteiger partial charge in [-0.1, -0.05) is 6.92 Å². The van der Waals surface area contributed by atoms with Crippen molar-refractivity contribution in [2.45, 2.75) is 20.3 Å². The molecule has 0 saturated heterocycles. The zero-order valence-electron chi connectivity index (χ0n) is 9.44. The molecule has 2 rings (SSSR count). The molecule has 0 aliphatic rings. The number of nitrogens with zero attached hydrogens (tertiary/aromatic N) is 3. The van der Waals surface area contributed by atoms with Gasteiger partial charge in [-0.25, -0.2) is 9.97 Å². The van der Waals surface area contributed by atoms with Crippen LogP contribution < -0.4 is 5.73 Å². The van der Waals surface area contributed by atoms with E-state index >= 15 is 0 Å². The second-order valence-electron chi connectivity index (χ2n) is 3.63. The van der Waals surface area contributed by atoms with E-state index in [-0.39, 0.29) is 0 Å². The van der Waals surface area contributed by atoms with Crippen molar-refractivity contribution in [3.8, 4) is 11.3 Å². The normalized spacial score (nSPS) is 10.4. The lowest BCUT2D eigenvalue weighted by atomic mass is 10.0. The maximum atomic E-state index is 5.85. The van der Waals surface area contributed by atoms with Crippen molar-refractivity contribution in [3.05, 3.63) is 35.9 Å². The zero-order valence-corrected chi connectivity index (χ0v) is 9.44. The quantitative estimate of drug-likeness (QED) is 0.830. The first-order valence-corrected chi connectivity index (χ1v) is 5.24. The summed E-state index contributed by atoms with van der Waals surface area (Å²) in [5.74, 6) is 0.559. The Kier molecular flexibility index (Phi) is 2.81. The highest BCUT2D eigenvalue weighted by molar-refractivity contribution is 5.69. The van der Waals surface area contributed by atoms with Crippen LogP contribution in [0.15, 0.2) is 24.8 Å². The Labute approximate surface area is 94.6 Å². The Morgan fingerprint density at radius 1 is 1.31 bits per heavy atom. The Hall–Kier alpha value is -1.97. The van der Waals surface area contributed by atoms with E-state index in [0.717, 1.165) is 28.8 Å². The summed E-state index contributed by atoms with van der Waals surface area (Å²) in [6.07, 6.45) is 5.92. The van der Waals surface area contributed by atoms with Gasteiger partial charge < -0.3 is 5.73 Å². The molecule has 4 nitrogen and oxygen atoms in total. The van der Waals surface area contributed by atoms with Crippen LogP contribution in [-0.2, 0) is 6.42 Å². The Bertz CT molecular complexity index is 508. The number of rotatable bonds is 2. The second kappa shape index (κ2) is 4.26. The molecule has 0 saturated carbocycles. The minimum Gasteiger partial charge on any atom is -0.383 e. The summed E-state index contributed by atoms with van der Waals surface area (Å²) in [6.45, 7) is 4.06. The number of nitrogens with two attached hydrogens (primary N) is 1. The number of hydrogen-bond acceptors (Lipinski definition) is 4. The van der Waals surface area contributed by atoms with Crippen LogP contribution in [0, 0.1) is 6.92 Å². The van der Waals surface area contributed by atoms with Crippen LogP contribution >= 0.6 is 0 Å². The molecule has 2 aromatic rings. The zero-order chi connectivity index (χ0) is 11.5. The van der Waals surface area contributed by atoms with E-state index < -0.39 is 0 Å². The molecule has 0 amide bonds. The number of pyridine rings is 1. The van der Waals surface area contributed by atoms with Gasteiger partial charge >= 0.3 is 0 Å². The topological polar surface area (TPSA) is 64.7 Å². The molecule has 4 heteroatoms. The number of anilines is 1. The monoisotopic (exact) mass is 214 g/mol. The van der Waals surface area contributed by atoms with Crippen molar-refractivity contribution < 1.29 is 0 Å². The van der Waals surface area contributed by atoms with Crippen LogP contribution in [0.2, 0.25) is 0 Å². The molecular formula is C12H14N4. The first kappa shape index (κ1) is 10.5. The van der Waals surface area contributed by atoms with E-state index in [9.17, 15) is 0 Å². The Morgan fingerprint density at radius 2 is 2.12 bits per heavy atom. The third-order valence-corrected chi connectivity index (χ3v) is 2.61. The van der Waals surface area contributed by atoms with Gasteiger partial charge in [-0.2, -0.15) is 0 Å². The van der Waals surface area contributed by atoms with Crippen molar-refractivity contribution in [3.63, 3.8) is 0 Å². The molecule has 0 aromatic carbocycles. The first-order valence-electron chi connectivity index (χ1n) is 5.24. The fraction of sp³-hybridized carbons (Fsp3) is 0.250. The molecule has 2 heterocycles. The van der Waals surface area contributed by atoms with Crippen LogP contribution in [0.3, 0.4) is 0 Å². The maximum Gasteiger partial charge on any atom is 0.130 e. The molecule has 2 aromatic heterocycles. The molecule has 0 spiro atoms. The largest absolute Gasteiger partial charge is 0.383 e. The highest BCUT2D eigenvalue weighted by Crippen LogP contribution is 2.26. The summed E-state index contributed by atoms with van der Waals surface area (Å²) < 4.78 is 0. The van der Waals surface area contributed by atoms with Gasteiger partial charge in [0, 0.05) is 23.5 Å². The minimum atomic E-state index is 0.559. The molecule has 0 atom stereocenters. The van der Waals surface area contributed by atoms with Crippen LogP contribution in [-0.4, -0.2) is 15.0 Å². The van der Waals surface area contributed by atoms with E-state index in [1.54, 1.807) is 6.20 Å². The summed E-state index contributed by atoms with van der Waals surface area (Å²) in [7, 11) is 0. The Morgan fingerprint density at radius 3 is 2.81 bits per heavy atom. The molecule has 0 aliphatic heterocycles. The molecule has 0 bridgehead atoms. The number of nitrogen functional groups attached to an aromatic ring is 1. The molecule has 0 radical (unpaired) electrons. The molecular weight excluding hydrogens is 200 g/mol. The Balaban J connectivity index is 2.65. The number of hydrogen-bond donors (Lipinski definition) is 1. The summed E-state index contributed by atoms with van der Waals surface area (Å²) in [5, 5.41) is 0. The van der Waals surface area contributed by atoms with Gasteiger partial charge in [-0.15, -0.1) is 0 Å². The van der Waals surface area contributed by atoms with E-state index in [1.807, 2.05) is 19.2 Å². The van der Waals surface area contributed by atoms with E-state index in [2.05, 4.69) is 21.9 Å². The summed E-state index contributed by atoms with van der Waals surface area (Å²) >= 11 is 0. The molecule has 82 valence electrons. The third kappa shape index (κ3) is 1.74. The summed E-state index contributed by atoms with van der Waals surface area (Å²) in [4.78, 5) is 12.4. The maximum absolute atomic E-state index is 5.85. The van der Waals surface area contributed by atoms with Gasteiger partial charge in [0.05, 0.1) is 5.69 Å². The molecule has 0 aliphatic carbocycles. The van der Waals surface area contributed by atoms with Gasteiger partial charge in [-0.05, 0) is 25.0 Å². The van der Waals surface area contributed by atoms with Crippen molar-refractivity contribution in [2.24, 2.45) is 0 Å². The first-order chi connectivity index (χ1) is 7.74. The SMILES string of the molecule is CCc1c(N)ncnc1-c1ccncc1C. The van der Waals surface area contributed by atoms with Crippen molar-refractivity contribution in [1.82, 2.24) is 15.0 Å². The number of aromatic nitrogens is 3. The fourth-order valence-electron chi connectivity index (χ4n) is 1.75. The van der Waals surface area contributed by atoms with Gasteiger partial charge in [-0.3, -0.25) is 4.98 Å². The van der Waals surface area contributed by atoms with Gasteiger partial charge in [0.1, 0.15) is 12.1 Å². The van der Waals surface area contributed by atoms with Crippen molar-refractivity contribution in [2.75, 3.05) is 5.73 Å². The second-order valence-corrected chi connectivity index (χ2v) is 3.63. The minimum absolute atomic E-state index is 0.559. The molecule has 16 heavy (non-hydrogen) atoms. The lowest BCUT2D eigenvalue weighted by Crippen LogP contribution is -2.02. The smallest absolute Gasteiger partial charge is 0.130 e. The molecule has 2 N–H and O–H groups in total. The summed E-state index contributed by atoms with van der Waals surface area (Å²) in [6, 6.07) is 1.95. The van der Waals surface area contributed by atoms with Gasteiger partial charge in [0.25, 0.3) is 0 Å².